The van der Waals surface area contributed by atoms with E-state index in [2.05, 4.69) is 22.1 Å². The molecule has 1 saturated heterocycles. The Bertz CT molecular complexity index is 427. The number of aromatic nitrogens is 2. The molecule has 1 atom stereocenters. The van der Waals surface area contributed by atoms with Gasteiger partial charge in [-0.15, -0.1) is 0 Å². The van der Waals surface area contributed by atoms with E-state index in [1.807, 2.05) is 10.8 Å². The lowest BCUT2D eigenvalue weighted by atomic mass is 9.99. The number of carbonyl (C=O) groups is 1. The van der Waals surface area contributed by atoms with Crippen LogP contribution >= 0.6 is 0 Å². The number of piperidine rings is 1. The van der Waals surface area contributed by atoms with Crippen molar-refractivity contribution in [3.05, 3.63) is 18.7 Å². The molecule has 124 valence electrons. The van der Waals surface area contributed by atoms with Gasteiger partial charge in [0.1, 0.15) is 0 Å². The first-order valence-corrected chi connectivity index (χ1v) is 8.26. The molecular formula is C16H28N4O2. The van der Waals surface area contributed by atoms with Gasteiger partial charge in [0, 0.05) is 38.4 Å². The summed E-state index contributed by atoms with van der Waals surface area (Å²) in [6.07, 6.45) is 8.56. The summed E-state index contributed by atoms with van der Waals surface area (Å²) in [7, 11) is 0. The van der Waals surface area contributed by atoms with Gasteiger partial charge in [0.2, 0.25) is 5.91 Å². The second kappa shape index (κ2) is 8.90. The third kappa shape index (κ3) is 6.15. The van der Waals surface area contributed by atoms with Crippen LogP contribution in [0.1, 0.15) is 32.6 Å². The summed E-state index contributed by atoms with van der Waals surface area (Å²) < 4.78 is 1.96. The van der Waals surface area contributed by atoms with Crippen molar-refractivity contribution in [3.8, 4) is 0 Å². The van der Waals surface area contributed by atoms with Gasteiger partial charge in [-0.25, -0.2) is 4.98 Å². The van der Waals surface area contributed by atoms with Crippen LogP contribution in [0, 0.1) is 5.92 Å². The summed E-state index contributed by atoms with van der Waals surface area (Å²) in [5.74, 6) is 0.801. The van der Waals surface area contributed by atoms with Gasteiger partial charge in [0.15, 0.2) is 0 Å². The van der Waals surface area contributed by atoms with Crippen molar-refractivity contribution in [3.63, 3.8) is 0 Å². The number of hydrogen-bond donors (Lipinski definition) is 2. The number of nitrogens with zero attached hydrogens (tertiary/aromatic N) is 3. The minimum atomic E-state index is -0.481. The second-order valence-corrected chi connectivity index (χ2v) is 6.35. The highest BCUT2D eigenvalue weighted by Crippen LogP contribution is 2.15. The molecule has 1 fully saturated rings. The molecule has 6 nitrogen and oxygen atoms in total. The maximum atomic E-state index is 11.8. The van der Waals surface area contributed by atoms with E-state index >= 15 is 0 Å². The van der Waals surface area contributed by atoms with Gasteiger partial charge in [-0.3, -0.25) is 4.79 Å². The predicted molar refractivity (Wildman–Crippen MR) is 85.3 cm³/mol. The molecule has 2 rings (SSSR count). The molecule has 2 N–H and O–H groups in total. The standard InChI is InChI=1S/C16H28N4O2/c1-14-4-8-19(9-5-14)12-15(21)11-18-16(22)3-2-7-20-10-6-17-13-20/h6,10,13-15,21H,2-5,7-9,11-12H2,1H3,(H,18,22). The zero-order valence-electron chi connectivity index (χ0n) is 13.4. The Morgan fingerprint density at radius 1 is 1.45 bits per heavy atom. The lowest BCUT2D eigenvalue weighted by Crippen LogP contribution is -2.43. The third-order valence-electron chi connectivity index (χ3n) is 4.26. The van der Waals surface area contributed by atoms with E-state index in [9.17, 15) is 9.90 Å². The summed E-state index contributed by atoms with van der Waals surface area (Å²) >= 11 is 0. The third-order valence-corrected chi connectivity index (χ3v) is 4.26. The Kier molecular flexibility index (Phi) is 6.86. The molecule has 6 heteroatoms. The van der Waals surface area contributed by atoms with Crippen molar-refractivity contribution in [1.29, 1.82) is 0 Å². The Morgan fingerprint density at radius 2 is 2.23 bits per heavy atom. The quantitative estimate of drug-likeness (QED) is 0.748. The zero-order valence-corrected chi connectivity index (χ0v) is 13.4. The van der Waals surface area contributed by atoms with Crippen LogP contribution in [0.3, 0.4) is 0 Å². The van der Waals surface area contributed by atoms with E-state index in [1.54, 1.807) is 12.5 Å². The molecule has 1 unspecified atom stereocenters. The molecule has 1 aromatic rings. The number of imidazole rings is 1. The van der Waals surface area contributed by atoms with Crippen molar-refractivity contribution >= 4 is 5.91 Å². The average Bonchev–Trinajstić information content (AvgIpc) is 3.01. The molecule has 0 saturated carbocycles. The number of likely N-dealkylation sites (tertiary alicyclic amines) is 1. The fourth-order valence-corrected chi connectivity index (χ4v) is 2.77. The van der Waals surface area contributed by atoms with Crippen molar-refractivity contribution in [2.24, 2.45) is 5.92 Å². The largest absolute Gasteiger partial charge is 0.390 e. The molecule has 0 aliphatic carbocycles. The Labute approximate surface area is 132 Å². The smallest absolute Gasteiger partial charge is 0.220 e. The normalized spacial score (nSPS) is 18.3. The van der Waals surface area contributed by atoms with Crippen LogP contribution in [0.5, 0.6) is 0 Å². The highest BCUT2D eigenvalue weighted by molar-refractivity contribution is 5.75. The van der Waals surface area contributed by atoms with E-state index in [1.165, 1.54) is 12.8 Å². The topological polar surface area (TPSA) is 70.4 Å². The van der Waals surface area contributed by atoms with Crippen LogP contribution < -0.4 is 5.32 Å². The molecule has 1 aliphatic rings. The summed E-state index contributed by atoms with van der Waals surface area (Å²) in [6.45, 7) is 6.17. The lowest BCUT2D eigenvalue weighted by molar-refractivity contribution is -0.121. The van der Waals surface area contributed by atoms with Crippen LogP contribution in [0.2, 0.25) is 0 Å². The molecule has 1 aliphatic heterocycles. The van der Waals surface area contributed by atoms with E-state index in [4.69, 9.17) is 0 Å². The van der Waals surface area contributed by atoms with Gasteiger partial charge >= 0.3 is 0 Å². The van der Waals surface area contributed by atoms with Crippen LogP contribution in [-0.2, 0) is 11.3 Å². The first kappa shape index (κ1) is 17.0. The first-order chi connectivity index (χ1) is 10.6. The number of amides is 1. The van der Waals surface area contributed by atoms with Crippen molar-refractivity contribution in [1.82, 2.24) is 19.8 Å². The summed E-state index contributed by atoms with van der Waals surface area (Å²) in [5.41, 5.74) is 0. The number of rotatable bonds is 8. The van der Waals surface area contributed by atoms with Crippen LogP contribution in [-0.4, -0.2) is 57.7 Å². The molecule has 0 radical (unpaired) electrons. The number of aryl methyl sites for hydroxylation is 1. The maximum absolute atomic E-state index is 11.8. The number of nitrogens with one attached hydrogen (secondary N) is 1. The maximum Gasteiger partial charge on any atom is 0.220 e. The average molecular weight is 308 g/mol. The van der Waals surface area contributed by atoms with Gasteiger partial charge in [-0.2, -0.15) is 0 Å². The van der Waals surface area contributed by atoms with Crippen LogP contribution in [0.25, 0.3) is 0 Å². The summed E-state index contributed by atoms with van der Waals surface area (Å²) in [5, 5.41) is 12.8. The van der Waals surface area contributed by atoms with Crippen LogP contribution in [0.15, 0.2) is 18.7 Å². The van der Waals surface area contributed by atoms with Gasteiger partial charge in [-0.05, 0) is 38.3 Å². The van der Waals surface area contributed by atoms with Gasteiger partial charge in [0.25, 0.3) is 0 Å². The van der Waals surface area contributed by atoms with Gasteiger partial charge in [0.05, 0.1) is 12.4 Å². The van der Waals surface area contributed by atoms with Crippen molar-refractivity contribution in [2.75, 3.05) is 26.2 Å². The predicted octanol–water partition coefficient (Wildman–Crippen LogP) is 0.872. The van der Waals surface area contributed by atoms with E-state index in [0.29, 0.717) is 19.5 Å². The van der Waals surface area contributed by atoms with Crippen molar-refractivity contribution < 1.29 is 9.90 Å². The fraction of sp³-hybridized carbons (Fsp3) is 0.750. The molecule has 0 spiro atoms. The van der Waals surface area contributed by atoms with E-state index in [0.717, 1.165) is 32.0 Å². The highest BCUT2D eigenvalue weighted by atomic mass is 16.3. The zero-order chi connectivity index (χ0) is 15.8. The SMILES string of the molecule is CC1CCN(CC(O)CNC(=O)CCCn2ccnc2)CC1. The summed E-state index contributed by atoms with van der Waals surface area (Å²) in [6, 6.07) is 0. The fourth-order valence-electron chi connectivity index (χ4n) is 2.77. The molecule has 22 heavy (non-hydrogen) atoms. The minimum absolute atomic E-state index is 0.00596. The molecule has 1 aromatic heterocycles. The minimum Gasteiger partial charge on any atom is -0.390 e. The van der Waals surface area contributed by atoms with Gasteiger partial charge < -0.3 is 19.9 Å². The Balaban J connectivity index is 1.53. The molecule has 1 amide bonds. The molecular weight excluding hydrogens is 280 g/mol. The van der Waals surface area contributed by atoms with E-state index in [-0.39, 0.29) is 5.91 Å². The number of aliphatic hydroxyl groups excluding tert-OH is 1. The van der Waals surface area contributed by atoms with Crippen LogP contribution in [0.4, 0.5) is 0 Å². The second-order valence-electron chi connectivity index (χ2n) is 6.35. The first-order valence-electron chi connectivity index (χ1n) is 8.26. The highest BCUT2D eigenvalue weighted by Gasteiger charge is 2.18. The number of hydrogen-bond acceptors (Lipinski definition) is 4. The number of aliphatic hydroxyl groups is 1. The number of carbonyl (C=O) groups excluding carboxylic acids is 1. The molecule has 0 bridgehead atoms. The Hall–Kier alpha value is -1.40. The summed E-state index contributed by atoms with van der Waals surface area (Å²) in [4.78, 5) is 18.0. The van der Waals surface area contributed by atoms with E-state index < -0.39 is 6.10 Å². The Morgan fingerprint density at radius 3 is 2.91 bits per heavy atom. The lowest BCUT2D eigenvalue weighted by Gasteiger charge is -2.31. The molecule has 2 heterocycles. The van der Waals surface area contributed by atoms with Gasteiger partial charge in [-0.1, -0.05) is 6.92 Å². The van der Waals surface area contributed by atoms with Crippen molar-refractivity contribution in [2.45, 2.75) is 45.3 Å². The number of β-amino-alcohol motifs (C(OH)–C–C–N with tert-alkyl or cyclic N) is 1. The molecule has 0 aromatic carbocycles. The monoisotopic (exact) mass is 308 g/mol.